The van der Waals surface area contributed by atoms with Crippen LogP contribution in [0.2, 0.25) is 0 Å². The molecule has 6 nitrogen and oxygen atoms in total. The molecule has 0 bridgehead atoms. The van der Waals surface area contributed by atoms with Gasteiger partial charge in [0.2, 0.25) is 5.91 Å². The highest BCUT2D eigenvalue weighted by Gasteiger charge is 2.45. The van der Waals surface area contributed by atoms with E-state index in [9.17, 15) is 14.7 Å². The minimum absolute atomic E-state index is 0.0102. The van der Waals surface area contributed by atoms with Gasteiger partial charge in [0, 0.05) is 42.4 Å². The zero-order valence-corrected chi connectivity index (χ0v) is 16.2. The Balaban J connectivity index is 1.37. The van der Waals surface area contributed by atoms with Crippen LogP contribution >= 0.6 is 11.3 Å². The van der Waals surface area contributed by atoms with E-state index in [1.807, 2.05) is 22.1 Å². The summed E-state index contributed by atoms with van der Waals surface area (Å²) in [5.41, 5.74) is 1.53. The highest BCUT2D eigenvalue weighted by molar-refractivity contribution is 7.09. The number of piperidine rings is 1. The molecular formula is C20H23N3O3S. The topological polar surface area (TPSA) is 73.7 Å². The molecule has 0 saturated carbocycles. The van der Waals surface area contributed by atoms with Crippen LogP contribution in [0.3, 0.4) is 0 Å². The lowest BCUT2D eigenvalue weighted by Gasteiger charge is -2.38. The number of benzene rings is 1. The second-order valence-electron chi connectivity index (χ2n) is 7.62. The van der Waals surface area contributed by atoms with Gasteiger partial charge in [-0.2, -0.15) is 0 Å². The molecule has 1 spiro atoms. The van der Waals surface area contributed by atoms with Crippen LogP contribution in [-0.4, -0.2) is 51.3 Å². The van der Waals surface area contributed by atoms with Gasteiger partial charge in [0.05, 0.1) is 17.2 Å². The van der Waals surface area contributed by atoms with Gasteiger partial charge in [-0.15, -0.1) is 11.3 Å². The van der Waals surface area contributed by atoms with E-state index in [-0.39, 0.29) is 23.0 Å². The molecule has 0 atom stereocenters. The number of amides is 2. The molecule has 3 heterocycles. The second kappa shape index (κ2) is 6.96. The Bertz CT molecular complexity index is 854. The van der Waals surface area contributed by atoms with Crippen LogP contribution < -0.4 is 0 Å². The monoisotopic (exact) mass is 385 g/mol. The highest BCUT2D eigenvalue weighted by atomic mass is 32.1. The minimum Gasteiger partial charge on any atom is -0.508 e. The van der Waals surface area contributed by atoms with Gasteiger partial charge in [-0.25, -0.2) is 4.98 Å². The molecule has 2 aromatic rings. The summed E-state index contributed by atoms with van der Waals surface area (Å²) in [6.45, 7) is 4.64. The van der Waals surface area contributed by atoms with Crippen molar-refractivity contribution in [1.29, 1.82) is 0 Å². The van der Waals surface area contributed by atoms with Gasteiger partial charge in [-0.1, -0.05) is 0 Å². The Morgan fingerprint density at radius 2 is 1.96 bits per heavy atom. The molecule has 142 valence electrons. The molecule has 4 rings (SSSR count). The van der Waals surface area contributed by atoms with Crippen LogP contribution in [0.15, 0.2) is 29.6 Å². The molecule has 0 radical (unpaired) electrons. The third-order valence-electron chi connectivity index (χ3n) is 5.65. The van der Waals surface area contributed by atoms with Crippen LogP contribution in [-0.2, 0) is 11.3 Å². The third kappa shape index (κ3) is 3.69. The number of phenolic OH excluding ortho intramolecular Hbond substituents is 1. The Hall–Kier alpha value is -2.41. The summed E-state index contributed by atoms with van der Waals surface area (Å²) in [5, 5.41) is 12.4. The first kappa shape index (κ1) is 18.0. The number of likely N-dealkylation sites (tertiary alicyclic amines) is 2. The number of aromatic hydroxyl groups is 1. The number of hydrogen-bond acceptors (Lipinski definition) is 5. The van der Waals surface area contributed by atoms with Crippen molar-refractivity contribution in [2.45, 2.75) is 32.7 Å². The zero-order chi connectivity index (χ0) is 19.0. The number of aryl methyl sites for hydroxylation is 1. The maximum atomic E-state index is 12.6. The van der Waals surface area contributed by atoms with Gasteiger partial charge in [-0.3, -0.25) is 9.59 Å². The lowest BCUT2D eigenvalue weighted by atomic mass is 9.77. The molecule has 1 N–H and O–H groups in total. The van der Waals surface area contributed by atoms with E-state index in [0.29, 0.717) is 31.6 Å². The summed E-state index contributed by atoms with van der Waals surface area (Å²) in [7, 11) is 0. The van der Waals surface area contributed by atoms with Gasteiger partial charge in [0.15, 0.2) is 0 Å². The number of thiazole rings is 1. The van der Waals surface area contributed by atoms with Crippen molar-refractivity contribution in [2.24, 2.45) is 5.41 Å². The standard InChI is InChI=1S/C20H23N3O3S/c1-14-21-16(12-27-14)11-23-13-20(10-18(23)25)6-8-22(9-7-20)19(26)15-2-4-17(24)5-3-15/h2-5,12,24H,6-11,13H2,1H3. The fourth-order valence-corrected chi connectivity index (χ4v) is 4.71. The largest absolute Gasteiger partial charge is 0.508 e. The summed E-state index contributed by atoms with van der Waals surface area (Å²) in [6, 6.07) is 6.37. The van der Waals surface area contributed by atoms with Crippen molar-refractivity contribution in [3.05, 3.63) is 45.9 Å². The van der Waals surface area contributed by atoms with E-state index in [4.69, 9.17) is 0 Å². The van der Waals surface area contributed by atoms with E-state index >= 15 is 0 Å². The average molecular weight is 385 g/mol. The summed E-state index contributed by atoms with van der Waals surface area (Å²) >= 11 is 1.61. The molecule has 0 unspecified atom stereocenters. The molecule has 0 aliphatic carbocycles. The average Bonchev–Trinajstić information content (AvgIpc) is 3.19. The van der Waals surface area contributed by atoms with Gasteiger partial charge in [-0.05, 0) is 44.0 Å². The van der Waals surface area contributed by atoms with Crippen molar-refractivity contribution in [2.75, 3.05) is 19.6 Å². The smallest absolute Gasteiger partial charge is 0.253 e. The molecule has 2 fully saturated rings. The molecule has 1 aromatic heterocycles. The van der Waals surface area contributed by atoms with E-state index in [1.54, 1.807) is 23.5 Å². The maximum absolute atomic E-state index is 12.6. The number of aromatic nitrogens is 1. The summed E-state index contributed by atoms with van der Waals surface area (Å²) in [4.78, 5) is 33.4. The van der Waals surface area contributed by atoms with Crippen LogP contribution in [0, 0.1) is 12.3 Å². The molecule has 7 heteroatoms. The number of rotatable bonds is 3. The SMILES string of the molecule is Cc1nc(CN2CC3(CCN(C(=O)c4ccc(O)cc4)CC3)CC2=O)cs1. The van der Waals surface area contributed by atoms with E-state index in [0.717, 1.165) is 30.1 Å². The number of carbonyl (C=O) groups excluding carboxylic acids is 2. The lowest BCUT2D eigenvalue weighted by molar-refractivity contribution is -0.128. The predicted molar refractivity (Wildman–Crippen MR) is 103 cm³/mol. The van der Waals surface area contributed by atoms with Crippen molar-refractivity contribution in [3.63, 3.8) is 0 Å². The van der Waals surface area contributed by atoms with E-state index < -0.39 is 0 Å². The fraction of sp³-hybridized carbons (Fsp3) is 0.450. The highest BCUT2D eigenvalue weighted by Crippen LogP contribution is 2.41. The molecule has 2 saturated heterocycles. The number of phenols is 1. The van der Waals surface area contributed by atoms with Gasteiger partial charge >= 0.3 is 0 Å². The molecular weight excluding hydrogens is 362 g/mol. The second-order valence-corrected chi connectivity index (χ2v) is 8.69. The van der Waals surface area contributed by atoms with Gasteiger partial charge in [0.1, 0.15) is 5.75 Å². The van der Waals surface area contributed by atoms with Crippen LogP contribution in [0.5, 0.6) is 5.75 Å². The van der Waals surface area contributed by atoms with Crippen molar-refractivity contribution in [3.8, 4) is 5.75 Å². The van der Waals surface area contributed by atoms with Crippen molar-refractivity contribution < 1.29 is 14.7 Å². The van der Waals surface area contributed by atoms with Crippen molar-refractivity contribution >= 4 is 23.2 Å². The number of nitrogens with zero attached hydrogens (tertiary/aromatic N) is 3. The zero-order valence-electron chi connectivity index (χ0n) is 15.4. The Morgan fingerprint density at radius 1 is 1.26 bits per heavy atom. The lowest BCUT2D eigenvalue weighted by Crippen LogP contribution is -2.44. The fourth-order valence-electron chi connectivity index (χ4n) is 4.11. The molecule has 2 aliphatic heterocycles. The molecule has 1 aromatic carbocycles. The summed E-state index contributed by atoms with van der Waals surface area (Å²) in [5.74, 6) is 0.340. The molecule has 27 heavy (non-hydrogen) atoms. The summed E-state index contributed by atoms with van der Waals surface area (Å²) in [6.07, 6.45) is 2.25. The first-order chi connectivity index (χ1) is 12.9. The predicted octanol–water partition coefficient (Wildman–Crippen LogP) is 2.81. The first-order valence-electron chi connectivity index (χ1n) is 9.21. The Morgan fingerprint density at radius 3 is 2.59 bits per heavy atom. The van der Waals surface area contributed by atoms with Crippen LogP contribution in [0.4, 0.5) is 0 Å². The van der Waals surface area contributed by atoms with Crippen LogP contribution in [0.25, 0.3) is 0 Å². The minimum atomic E-state index is -0.0200. The quantitative estimate of drug-likeness (QED) is 0.882. The van der Waals surface area contributed by atoms with Gasteiger partial charge in [0.25, 0.3) is 5.91 Å². The normalized spacial score (nSPS) is 19.1. The Kier molecular flexibility index (Phi) is 4.63. The maximum Gasteiger partial charge on any atom is 0.253 e. The van der Waals surface area contributed by atoms with Crippen molar-refractivity contribution in [1.82, 2.24) is 14.8 Å². The van der Waals surface area contributed by atoms with E-state index in [1.165, 1.54) is 12.1 Å². The molecule has 2 aliphatic rings. The number of carbonyl (C=O) groups is 2. The third-order valence-corrected chi connectivity index (χ3v) is 6.47. The van der Waals surface area contributed by atoms with E-state index in [2.05, 4.69) is 4.98 Å². The first-order valence-corrected chi connectivity index (χ1v) is 10.1. The molecule has 2 amide bonds. The van der Waals surface area contributed by atoms with Crippen LogP contribution in [0.1, 0.15) is 40.3 Å². The Labute approximate surface area is 162 Å². The van der Waals surface area contributed by atoms with Gasteiger partial charge < -0.3 is 14.9 Å². The summed E-state index contributed by atoms with van der Waals surface area (Å²) < 4.78 is 0. The number of hydrogen-bond donors (Lipinski definition) is 1.